The topological polar surface area (TPSA) is 25.4 Å². The number of nitrogens with zero attached hydrogens (tertiary/aromatic N) is 2. The summed E-state index contributed by atoms with van der Waals surface area (Å²) in [5, 5.41) is 0. The van der Waals surface area contributed by atoms with Crippen LogP contribution in [0.15, 0.2) is 18.5 Å². The Hall–Kier alpha value is -1.09. The maximum absolute atomic E-state index is 5.06. The van der Waals surface area contributed by atoms with Gasteiger partial charge in [0.05, 0.1) is 18.5 Å². The van der Waals surface area contributed by atoms with Crippen molar-refractivity contribution < 1.29 is 4.74 Å². The maximum atomic E-state index is 5.06. The van der Waals surface area contributed by atoms with Crippen LogP contribution in [-0.4, -0.2) is 31.8 Å². The number of methoxy groups -OCH3 is 1. The fourth-order valence-electron chi connectivity index (χ4n) is 1.38. The molecule has 78 valence electrons. The van der Waals surface area contributed by atoms with Gasteiger partial charge in [0.15, 0.2) is 0 Å². The fraction of sp³-hybridized carbons (Fsp3) is 0.545. The summed E-state index contributed by atoms with van der Waals surface area (Å²) < 4.78 is 5.06. The second-order valence-corrected chi connectivity index (χ2v) is 3.29. The second-order valence-electron chi connectivity index (χ2n) is 3.29. The van der Waals surface area contributed by atoms with E-state index < -0.39 is 0 Å². The normalized spacial score (nSPS) is 10.2. The van der Waals surface area contributed by atoms with Gasteiger partial charge >= 0.3 is 0 Å². The van der Waals surface area contributed by atoms with E-state index in [9.17, 15) is 0 Å². The molecule has 1 aromatic rings. The molecule has 0 atom stereocenters. The number of hydrogen-bond acceptors (Lipinski definition) is 3. The van der Waals surface area contributed by atoms with Crippen molar-refractivity contribution in [3.8, 4) is 0 Å². The Morgan fingerprint density at radius 1 is 1.43 bits per heavy atom. The predicted molar refractivity (Wildman–Crippen MR) is 58.7 cm³/mol. The van der Waals surface area contributed by atoms with Crippen molar-refractivity contribution in [2.24, 2.45) is 0 Å². The molecule has 0 aliphatic rings. The monoisotopic (exact) mass is 194 g/mol. The highest BCUT2D eigenvalue weighted by atomic mass is 16.5. The molecule has 0 bridgehead atoms. The van der Waals surface area contributed by atoms with Crippen molar-refractivity contribution in [2.45, 2.75) is 13.8 Å². The largest absolute Gasteiger partial charge is 0.383 e. The summed E-state index contributed by atoms with van der Waals surface area (Å²) in [6.07, 6.45) is 3.76. The molecule has 0 unspecified atom stereocenters. The van der Waals surface area contributed by atoms with E-state index in [0.717, 1.165) is 19.7 Å². The molecule has 1 heterocycles. The molecule has 0 aromatic carbocycles. The molecule has 0 amide bonds. The third-order valence-corrected chi connectivity index (χ3v) is 2.17. The summed E-state index contributed by atoms with van der Waals surface area (Å²) in [7, 11) is 1.72. The van der Waals surface area contributed by atoms with E-state index in [-0.39, 0.29) is 0 Å². The SMILES string of the molecule is CCN(CCOC)c1cncc(C)c1. The zero-order chi connectivity index (χ0) is 10.4. The minimum Gasteiger partial charge on any atom is -0.383 e. The Balaban J connectivity index is 2.68. The first-order valence-corrected chi connectivity index (χ1v) is 4.93. The van der Waals surface area contributed by atoms with Crippen LogP contribution in [0.4, 0.5) is 5.69 Å². The van der Waals surface area contributed by atoms with Gasteiger partial charge in [0.1, 0.15) is 0 Å². The summed E-state index contributed by atoms with van der Waals surface area (Å²) in [5.74, 6) is 0. The molecule has 1 aromatic heterocycles. The molecule has 0 aliphatic heterocycles. The molecular formula is C11H18N2O. The molecular weight excluding hydrogens is 176 g/mol. The van der Waals surface area contributed by atoms with Crippen molar-refractivity contribution in [1.82, 2.24) is 4.98 Å². The van der Waals surface area contributed by atoms with Crippen LogP contribution in [0, 0.1) is 6.92 Å². The van der Waals surface area contributed by atoms with Gasteiger partial charge in [-0.3, -0.25) is 4.98 Å². The average molecular weight is 194 g/mol. The highest BCUT2D eigenvalue weighted by Crippen LogP contribution is 2.13. The van der Waals surface area contributed by atoms with Gasteiger partial charge in [0.2, 0.25) is 0 Å². The Bertz CT molecular complexity index is 276. The number of aromatic nitrogens is 1. The average Bonchev–Trinajstić information content (AvgIpc) is 2.19. The van der Waals surface area contributed by atoms with Gasteiger partial charge < -0.3 is 9.64 Å². The van der Waals surface area contributed by atoms with Crippen molar-refractivity contribution in [3.05, 3.63) is 24.0 Å². The van der Waals surface area contributed by atoms with Gasteiger partial charge in [-0.2, -0.15) is 0 Å². The predicted octanol–water partition coefficient (Wildman–Crippen LogP) is 1.86. The molecule has 3 nitrogen and oxygen atoms in total. The van der Waals surface area contributed by atoms with Crippen molar-refractivity contribution in [3.63, 3.8) is 0 Å². The molecule has 0 spiro atoms. The lowest BCUT2D eigenvalue weighted by Crippen LogP contribution is -2.26. The van der Waals surface area contributed by atoms with Crippen LogP contribution >= 0.6 is 0 Å². The van der Waals surface area contributed by atoms with Crippen LogP contribution in [-0.2, 0) is 4.74 Å². The number of aryl methyl sites for hydroxylation is 1. The van der Waals surface area contributed by atoms with E-state index in [1.54, 1.807) is 7.11 Å². The number of rotatable bonds is 5. The number of pyridine rings is 1. The quantitative estimate of drug-likeness (QED) is 0.715. The van der Waals surface area contributed by atoms with E-state index in [0.29, 0.717) is 0 Å². The Morgan fingerprint density at radius 2 is 2.21 bits per heavy atom. The Labute approximate surface area is 85.7 Å². The Kier molecular flexibility index (Phi) is 4.40. The van der Waals surface area contributed by atoms with Crippen LogP contribution in [0.5, 0.6) is 0 Å². The summed E-state index contributed by atoms with van der Waals surface area (Å²) in [6.45, 7) is 6.84. The molecule has 0 radical (unpaired) electrons. The first kappa shape index (κ1) is 11.0. The van der Waals surface area contributed by atoms with Crippen molar-refractivity contribution >= 4 is 5.69 Å². The minimum absolute atomic E-state index is 0.752. The molecule has 3 heteroatoms. The lowest BCUT2D eigenvalue weighted by Gasteiger charge is -2.22. The smallest absolute Gasteiger partial charge is 0.0637 e. The number of hydrogen-bond donors (Lipinski definition) is 0. The van der Waals surface area contributed by atoms with Crippen LogP contribution < -0.4 is 4.90 Å². The Morgan fingerprint density at radius 3 is 2.79 bits per heavy atom. The lowest BCUT2D eigenvalue weighted by atomic mass is 10.3. The highest BCUT2D eigenvalue weighted by molar-refractivity contribution is 5.45. The zero-order valence-electron chi connectivity index (χ0n) is 9.16. The molecule has 0 saturated heterocycles. The van der Waals surface area contributed by atoms with Gasteiger partial charge in [0, 0.05) is 26.4 Å². The zero-order valence-corrected chi connectivity index (χ0v) is 9.16. The van der Waals surface area contributed by atoms with E-state index in [2.05, 4.69) is 29.8 Å². The van der Waals surface area contributed by atoms with Gasteiger partial charge in [-0.05, 0) is 25.5 Å². The summed E-state index contributed by atoms with van der Waals surface area (Å²) >= 11 is 0. The van der Waals surface area contributed by atoms with E-state index in [1.165, 1.54) is 11.3 Å². The number of ether oxygens (including phenoxy) is 1. The maximum Gasteiger partial charge on any atom is 0.0637 e. The summed E-state index contributed by atoms with van der Waals surface area (Å²) in [5.41, 5.74) is 2.36. The second kappa shape index (κ2) is 5.60. The van der Waals surface area contributed by atoms with E-state index in [4.69, 9.17) is 4.74 Å². The molecule has 0 saturated carbocycles. The first-order valence-electron chi connectivity index (χ1n) is 4.93. The lowest BCUT2D eigenvalue weighted by molar-refractivity contribution is 0.205. The van der Waals surface area contributed by atoms with Crippen LogP contribution in [0.25, 0.3) is 0 Å². The van der Waals surface area contributed by atoms with E-state index >= 15 is 0 Å². The van der Waals surface area contributed by atoms with Gasteiger partial charge in [-0.15, -0.1) is 0 Å². The fourth-order valence-corrected chi connectivity index (χ4v) is 1.38. The number of likely N-dealkylation sites (N-methyl/N-ethyl adjacent to an activating group) is 1. The van der Waals surface area contributed by atoms with Gasteiger partial charge in [-0.25, -0.2) is 0 Å². The molecule has 0 N–H and O–H groups in total. The molecule has 1 rings (SSSR count). The third kappa shape index (κ3) is 3.00. The number of anilines is 1. The third-order valence-electron chi connectivity index (χ3n) is 2.17. The van der Waals surface area contributed by atoms with E-state index in [1.807, 2.05) is 12.4 Å². The van der Waals surface area contributed by atoms with Crippen molar-refractivity contribution in [1.29, 1.82) is 0 Å². The highest BCUT2D eigenvalue weighted by Gasteiger charge is 2.03. The van der Waals surface area contributed by atoms with Crippen LogP contribution in [0.3, 0.4) is 0 Å². The molecule has 0 aliphatic carbocycles. The van der Waals surface area contributed by atoms with Crippen LogP contribution in [0.2, 0.25) is 0 Å². The minimum atomic E-state index is 0.752. The van der Waals surface area contributed by atoms with Gasteiger partial charge in [-0.1, -0.05) is 0 Å². The summed E-state index contributed by atoms with van der Waals surface area (Å²) in [6, 6.07) is 2.14. The van der Waals surface area contributed by atoms with Crippen LogP contribution in [0.1, 0.15) is 12.5 Å². The first-order chi connectivity index (χ1) is 6.77. The standard InChI is InChI=1S/C11H18N2O/c1-4-13(5-6-14-3)11-7-10(2)8-12-9-11/h7-9H,4-6H2,1-3H3. The molecule has 0 fully saturated rings. The van der Waals surface area contributed by atoms with Crippen molar-refractivity contribution in [2.75, 3.05) is 31.7 Å². The van der Waals surface area contributed by atoms with Gasteiger partial charge in [0.25, 0.3) is 0 Å². The molecule has 14 heavy (non-hydrogen) atoms. The summed E-state index contributed by atoms with van der Waals surface area (Å²) in [4.78, 5) is 6.43.